The zero-order chi connectivity index (χ0) is 14.7. The van der Waals surface area contributed by atoms with Crippen molar-refractivity contribution in [2.24, 2.45) is 0 Å². The highest BCUT2D eigenvalue weighted by Gasteiger charge is 2.27. The van der Waals surface area contributed by atoms with Crippen molar-refractivity contribution >= 4 is 0 Å². The molecule has 2 unspecified atom stereocenters. The second-order valence-corrected chi connectivity index (χ2v) is 5.70. The minimum atomic E-state index is 0.304. The number of rotatable bonds is 6. The van der Waals surface area contributed by atoms with Crippen molar-refractivity contribution in [3.8, 4) is 0 Å². The molecule has 0 radical (unpaired) electrons. The van der Waals surface area contributed by atoms with Gasteiger partial charge >= 0.3 is 0 Å². The first-order chi connectivity index (χ1) is 10.3. The van der Waals surface area contributed by atoms with Crippen molar-refractivity contribution in [2.75, 3.05) is 6.54 Å². The van der Waals surface area contributed by atoms with Crippen molar-refractivity contribution < 1.29 is 4.52 Å². The van der Waals surface area contributed by atoms with Crippen LogP contribution in [-0.2, 0) is 12.8 Å². The summed E-state index contributed by atoms with van der Waals surface area (Å²) in [7, 11) is 0. The first-order valence-electron chi connectivity index (χ1n) is 7.95. The van der Waals surface area contributed by atoms with Crippen LogP contribution < -0.4 is 5.32 Å². The van der Waals surface area contributed by atoms with E-state index in [4.69, 9.17) is 4.52 Å². The lowest BCUT2D eigenvalue weighted by Gasteiger charge is -2.12. The molecule has 2 aromatic rings. The smallest absolute Gasteiger partial charge is 0.228 e. The molecule has 4 nitrogen and oxygen atoms in total. The standard InChI is InChI=1S/C17H23N3O/c1-3-13(18-4-2)11-16-19-17(20-21-16)15-10-9-12-7-5-6-8-14(12)15/h5-8,13,15,18H,3-4,9-11H2,1-2H3. The largest absolute Gasteiger partial charge is 0.339 e. The Balaban J connectivity index is 1.74. The van der Waals surface area contributed by atoms with Gasteiger partial charge in [0, 0.05) is 18.4 Å². The van der Waals surface area contributed by atoms with E-state index in [0.717, 1.165) is 43.9 Å². The Morgan fingerprint density at radius 3 is 3.00 bits per heavy atom. The molecule has 21 heavy (non-hydrogen) atoms. The number of aromatic nitrogens is 2. The maximum atomic E-state index is 5.47. The van der Waals surface area contributed by atoms with E-state index in [0.29, 0.717) is 12.0 Å². The molecule has 4 heteroatoms. The lowest BCUT2D eigenvalue weighted by atomic mass is 10.0. The van der Waals surface area contributed by atoms with Gasteiger partial charge in [0.05, 0.1) is 0 Å². The molecule has 1 heterocycles. The summed E-state index contributed by atoms with van der Waals surface area (Å²) in [6.07, 6.45) is 4.08. The molecule has 0 fully saturated rings. The maximum absolute atomic E-state index is 5.47. The summed E-state index contributed by atoms with van der Waals surface area (Å²) in [5.41, 5.74) is 2.79. The van der Waals surface area contributed by atoms with Crippen molar-refractivity contribution in [2.45, 2.75) is 51.5 Å². The quantitative estimate of drug-likeness (QED) is 0.886. The predicted octanol–water partition coefficient (Wildman–Crippen LogP) is 3.08. The zero-order valence-electron chi connectivity index (χ0n) is 12.8. The minimum absolute atomic E-state index is 0.304. The fourth-order valence-corrected chi connectivity index (χ4v) is 3.18. The Morgan fingerprint density at radius 1 is 1.33 bits per heavy atom. The lowest BCUT2D eigenvalue weighted by Crippen LogP contribution is -2.30. The van der Waals surface area contributed by atoms with E-state index in [1.807, 2.05) is 0 Å². The minimum Gasteiger partial charge on any atom is -0.339 e. The molecule has 0 aliphatic heterocycles. The van der Waals surface area contributed by atoms with Crippen LogP contribution in [0, 0.1) is 0 Å². The molecular weight excluding hydrogens is 262 g/mol. The Labute approximate surface area is 126 Å². The number of likely N-dealkylation sites (N-methyl/N-ethyl adjacent to an activating group) is 1. The molecule has 112 valence electrons. The SMILES string of the molecule is CCNC(CC)Cc1nc(C2CCc3ccccc32)no1. The van der Waals surface area contributed by atoms with Gasteiger partial charge in [-0.15, -0.1) is 0 Å². The van der Waals surface area contributed by atoms with Crippen molar-refractivity contribution in [3.63, 3.8) is 0 Å². The average Bonchev–Trinajstić information content (AvgIpc) is 3.13. The summed E-state index contributed by atoms with van der Waals surface area (Å²) in [6, 6.07) is 9.01. The molecule has 3 rings (SSSR count). The molecule has 1 aliphatic rings. The normalized spacial score (nSPS) is 18.7. The van der Waals surface area contributed by atoms with Gasteiger partial charge in [0.15, 0.2) is 5.82 Å². The molecule has 0 saturated heterocycles. The van der Waals surface area contributed by atoms with Gasteiger partial charge in [-0.1, -0.05) is 43.3 Å². The molecule has 0 saturated carbocycles. The molecule has 0 amide bonds. The molecule has 2 atom stereocenters. The molecule has 1 aromatic carbocycles. The summed E-state index contributed by atoms with van der Waals surface area (Å²) >= 11 is 0. The molecule has 0 bridgehead atoms. The van der Waals surface area contributed by atoms with Crippen LogP contribution in [-0.4, -0.2) is 22.7 Å². The maximum Gasteiger partial charge on any atom is 0.228 e. The monoisotopic (exact) mass is 285 g/mol. The number of nitrogens with zero attached hydrogens (tertiary/aromatic N) is 2. The lowest BCUT2D eigenvalue weighted by molar-refractivity contribution is 0.350. The van der Waals surface area contributed by atoms with Crippen LogP contribution in [0.4, 0.5) is 0 Å². The fourth-order valence-electron chi connectivity index (χ4n) is 3.18. The van der Waals surface area contributed by atoms with Gasteiger partial charge in [-0.2, -0.15) is 4.98 Å². The van der Waals surface area contributed by atoms with Crippen molar-refractivity contribution in [1.29, 1.82) is 0 Å². The molecule has 1 aromatic heterocycles. The number of fused-ring (bicyclic) bond motifs is 1. The van der Waals surface area contributed by atoms with E-state index in [-0.39, 0.29) is 0 Å². The van der Waals surface area contributed by atoms with Crippen LogP contribution in [0.3, 0.4) is 0 Å². The molecule has 1 N–H and O–H groups in total. The third kappa shape index (κ3) is 3.00. The molecule has 0 spiro atoms. The van der Waals surface area contributed by atoms with Gasteiger partial charge in [0.2, 0.25) is 5.89 Å². The second kappa shape index (κ2) is 6.39. The van der Waals surface area contributed by atoms with Gasteiger partial charge in [0.25, 0.3) is 0 Å². The number of benzene rings is 1. The summed E-state index contributed by atoms with van der Waals surface area (Å²) in [4.78, 5) is 4.64. The van der Waals surface area contributed by atoms with E-state index >= 15 is 0 Å². The third-order valence-corrected chi connectivity index (χ3v) is 4.33. The van der Waals surface area contributed by atoms with Gasteiger partial charge in [-0.25, -0.2) is 0 Å². The zero-order valence-corrected chi connectivity index (χ0v) is 12.8. The summed E-state index contributed by atoms with van der Waals surface area (Å²) < 4.78 is 5.47. The van der Waals surface area contributed by atoms with Crippen LogP contribution in [0.2, 0.25) is 0 Å². The molecular formula is C17H23N3O. The van der Waals surface area contributed by atoms with Crippen LogP contribution in [0.1, 0.15) is 55.4 Å². The number of hydrogen-bond acceptors (Lipinski definition) is 4. The first-order valence-corrected chi connectivity index (χ1v) is 7.95. The number of hydrogen-bond donors (Lipinski definition) is 1. The number of nitrogens with one attached hydrogen (secondary N) is 1. The van der Waals surface area contributed by atoms with Crippen LogP contribution in [0.5, 0.6) is 0 Å². The summed E-state index contributed by atoms with van der Waals surface area (Å²) in [5, 5.41) is 7.68. The van der Waals surface area contributed by atoms with E-state index in [1.54, 1.807) is 0 Å². The highest BCUT2D eigenvalue weighted by atomic mass is 16.5. The van der Waals surface area contributed by atoms with Gasteiger partial charge in [0.1, 0.15) is 0 Å². The predicted molar refractivity (Wildman–Crippen MR) is 82.4 cm³/mol. The topological polar surface area (TPSA) is 51.0 Å². The van der Waals surface area contributed by atoms with Crippen LogP contribution >= 0.6 is 0 Å². The second-order valence-electron chi connectivity index (χ2n) is 5.70. The van der Waals surface area contributed by atoms with E-state index in [9.17, 15) is 0 Å². The summed E-state index contributed by atoms with van der Waals surface area (Å²) in [5.74, 6) is 1.90. The van der Waals surface area contributed by atoms with Crippen molar-refractivity contribution in [3.05, 3.63) is 47.1 Å². The molecule has 1 aliphatic carbocycles. The van der Waals surface area contributed by atoms with Gasteiger partial charge < -0.3 is 9.84 Å². The van der Waals surface area contributed by atoms with Crippen LogP contribution in [0.25, 0.3) is 0 Å². The Bertz CT molecular complexity index is 593. The highest BCUT2D eigenvalue weighted by Crippen LogP contribution is 2.36. The van der Waals surface area contributed by atoms with Gasteiger partial charge in [-0.05, 0) is 36.9 Å². The highest BCUT2D eigenvalue weighted by molar-refractivity contribution is 5.38. The Hall–Kier alpha value is -1.68. The number of aryl methyl sites for hydroxylation is 1. The Morgan fingerprint density at radius 2 is 2.19 bits per heavy atom. The van der Waals surface area contributed by atoms with Crippen molar-refractivity contribution in [1.82, 2.24) is 15.5 Å². The van der Waals surface area contributed by atoms with Gasteiger partial charge in [-0.3, -0.25) is 0 Å². The van der Waals surface area contributed by atoms with E-state index in [1.165, 1.54) is 11.1 Å². The Kier molecular flexibility index (Phi) is 4.34. The summed E-state index contributed by atoms with van der Waals surface area (Å²) in [6.45, 7) is 5.27. The average molecular weight is 285 g/mol. The third-order valence-electron chi connectivity index (χ3n) is 4.33. The fraction of sp³-hybridized carbons (Fsp3) is 0.529. The van der Waals surface area contributed by atoms with E-state index < -0.39 is 0 Å². The van der Waals surface area contributed by atoms with E-state index in [2.05, 4.69) is 53.6 Å². The van der Waals surface area contributed by atoms with Crippen LogP contribution in [0.15, 0.2) is 28.8 Å². The first kappa shape index (κ1) is 14.3.